The predicted octanol–water partition coefficient (Wildman–Crippen LogP) is 3.67. The van der Waals surface area contributed by atoms with Crippen LogP contribution in [0, 0.1) is 11.3 Å². The number of benzene rings is 1. The monoisotopic (exact) mass is 315 g/mol. The van der Waals surface area contributed by atoms with Gasteiger partial charge in [-0.2, -0.15) is 10.4 Å². The molecule has 0 aliphatic heterocycles. The number of anilines is 1. The van der Waals surface area contributed by atoms with E-state index in [1.165, 1.54) is 0 Å². The largest absolute Gasteiger partial charge is 0.377 e. The molecule has 2 N–H and O–H groups in total. The number of hydrogen-bond donors (Lipinski definition) is 2. The lowest BCUT2D eigenvalue weighted by atomic mass is 10.2. The first-order valence-electron chi connectivity index (χ1n) is 6.15. The van der Waals surface area contributed by atoms with E-state index in [2.05, 4.69) is 26.6 Å². The fourth-order valence-electron chi connectivity index (χ4n) is 1.83. The van der Waals surface area contributed by atoms with Crippen LogP contribution < -0.4 is 5.32 Å². The molecule has 0 aliphatic rings. The molecule has 21 heavy (non-hydrogen) atoms. The van der Waals surface area contributed by atoms with Crippen molar-refractivity contribution in [3.05, 3.63) is 52.1 Å². The summed E-state index contributed by atoms with van der Waals surface area (Å²) in [6.07, 6.45) is 0. The molecule has 3 aromatic rings. The van der Waals surface area contributed by atoms with Crippen molar-refractivity contribution in [2.45, 2.75) is 6.54 Å². The van der Waals surface area contributed by atoms with Crippen LogP contribution in [0.3, 0.4) is 0 Å². The normalized spacial score (nSPS) is 10.3. The zero-order valence-corrected chi connectivity index (χ0v) is 12.4. The summed E-state index contributed by atoms with van der Waals surface area (Å²) in [6.45, 7) is 0.438. The maximum atomic E-state index is 9.07. The molecule has 1 aromatic carbocycles. The van der Waals surface area contributed by atoms with Gasteiger partial charge >= 0.3 is 0 Å². The molecule has 7 heteroatoms. The fourth-order valence-corrected chi connectivity index (χ4v) is 2.66. The highest BCUT2D eigenvalue weighted by Crippen LogP contribution is 2.22. The van der Waals surface area contributed by atoms with Crippen LogP contribution in [0.25, 0.3) is 10.7 Å². The van der Waals surface area contributed by atoms with Gasteiger partial charge in [0, 0.05) is 5.02 Å². The van der Waals surface area contributed by atoms with E-state index in [4.69, 9.17) is 16.9 Å². The Kier molecular flexibility index (Phi) is 3.86. The minimum absolute atomic E-state index is 0.438. The van der Waals surface area contributed by atoms with Crippen LogP contribution in [-0.2, 0) is 6.54 Å². The van der Waals surface area contributed by atoms with Gasteiger partial charge in [0.25, 0.3) is 0 Å². The van der Waals surface area contributed by atoms with Gasteiger partial charge in [0.2, 0.25) is 0 Å². The first-order chi connectivity index (χ1) is 10.3. The lowest BCUT2D eigenvalue weighted by Crippen LogP contribution is -2.03. The van der Waals surface area contributed by atoms with Gasteiger partial charge in [0.1, 0.15) is 11.9 Å². The number of H-pyrrole nitrogens is 1. The van der Waals surface area contributed by atoms with Crippen molar-refractivity contribution in [2.75, 3.05) is 5.32 Å². The number of nitrogens with one attached hydrogen (secondary N) is 2. The Morgan fingerprint density at radius 2 is 2.29 bits per heavy atom. The number of rotatable bonds is 4. The minimum Gasteiger partial charge on any atom is -0.377 e. The Balaban J connectivity index is 1.74. The number of hydrogen-bond acceptors (Lipinski definition) is 5. The summed E-state index contributed by atoms with van der Waals surface area (Å²) in [5.41, 5.74) is 1.22. The quantitative estimate of drug-likeness (QED) is 0.770. The minimum atomic E-state index is 0.438. The third kappa shape index (κ3) is 3.05. The van der Waals surface area contributed by atoms with Crippen LogP contribution >= 0.6 is 22.9 Å². The van der Waals surface area contributed by atoms with E-state index in [0.29, 0.717) is 34.5 Å². The lowest BCUT2D eigenvalue weighted by molar-refractivity contribution is 0.954. The van der Waals surface area contributed by atoms with Crippen LogP contribution in [0.4, 0.5) is 5.69 Å². The molecule has 3 rings (SSSR count). The van der Waals surface area contributed by atoms with Crippen LogP contribution in [0.15, 0.2) is 35.7 Å². The van der Waals surface area contributed by atoms with Crippen molar-refractivity contribution in [3.63, 3.8) is 0 Å². The van der Waals surface area contributed by atoms with Gasteiger partial charge in [-0.1, -0.05) is 17.7 Å². The van der Waals surface area contributed by atoms with Crippen molar-refractivity contribution < 1.29 is 0 Å². The molecule has 0 atom stereocenters. The molecular formula is C14H10ClN5S. The summed E-state index contributed by atoms with van der Waals surface area (Å²) in [6, 6.07) is 11.1. The van der Waals surface area contributed by atoms with E-state index in [9.17, 15) is 0 Å². The SMILES string of the molecule is N#Cc1ccc(Cl)cc1NCc1nc(-c2cccs2)n[nH]1. The molecule has 2 aromatic heterocycles. The molecule has 0 saturated carbocycles. The van der Waals surface area contributed by atoms with Gasteiger partial charge in [-0.3, -0.25) is 5.10 Å². The summed E-state index contributed by atoms with van der Waals surface area (Å²) in [7, 11) is 0. The first kappa shape index (κ1) is 13.6. The Morgan fingerprint density at radius 1 is 1.38 bits per heavy atom. The van der Waals surface area contributed by atoms with E-state index in [1.807, 2.05) is 17.5 Å². The number of nitriles is 1. The van der Waals surface area contributed by atoms with Gasteiger partial charge in [0.05, 0.1) is 22.7 Å². The predicted molar refractivity (Wildman–Crippen MR) is 83.2 cm³/mol. The number of nitrogens with zero attached hydrogens (tertiary/aromatic N) is 3. The Morgan fingerprint density at radius 3 is 3.05 bits per heavy atom. The summed E-state index contributed by atoms with van der Waals surface area (Å²) in [5.74, 6) is 1.37. The fraction of sp³-hybridized carbons (Fsp3) is 0.0714. The van der Waals surface area contributed by atoms with Gasteiger partial charge < -0.3 is 5.32 Å². The molecular weight excluding hydrogens is 306 g/mol. The van der Waals surface area contributed by atoms with Crippen LogP contribution in [0.5, 0.6) is 0 Å². The van der Waals surface area contributed by atoms with Crippen molar-refractivity contribution in [2.24, 2.45) is 0 Å². The summed E-state index contributed by atoms with van der Waals surface area (Å²) >= 11 is 7.53. The molecule has 5 nitrogen and oxygen atoms in total. The molecule has 0 fully saturated rings. The van der Waals surface area contributed by atoms with Gasteiger partial charge in [0.15, 0.2) is 5.82 Å². The summed E-state index contributed by atoms with van der Waals surface area (Å²) in [5, 5.41) is 21.8. The second-order valence-electron chi connectivity index (χ2n) is 4.24. The molecule has 0 spiro atoms. The average Bonchev–Trinajstić information content (AvgIpc) is 3.16. The first-order valence-corrected chi connectivity index (χ1v) is 7.40. The average molecular weight is 316 g/mol. The van der Waals surface area contributed by atoms with Gasteiger partial charge in [-0.15, -0.1) is 11.3 Å². The topological polar surface area (TPSA) is 77.4 Å². The highest BCUT2D eigenvalue weighted by molar-refractivity contribution is 7.13. The zero-order valence-electron chi connectivity index (χ0n) is 10.8. The van der Waals surface area contributed by atoms with E-state index in [-0.39, 0.29) is 0 Å². The second kappa shape index (κ2) is 5.95. The molecule has 0 unspecified atom stereocenters. The third-order valence-corrected chi connectivity index (χ3v) is 3.92. The molecule has 104 valence electrons. The third-order valence-electron chi connectivity index (χ3n) is 2.82. The van der Waals surface area contributed by atoms with Crippen LogP contribution in [-0.4, -0.2) is 15.2 Å². The second-order valence-corrected chi connectivity index (χ2v) is 5.62. The number of aromatic amines is 1. The van der Waals surface area contributed by atoms with Gasteiger partial charge in [-0.05, 0) is 29.6 Å². The van der Waals surface area contributed by atoms with Crippen molar-refractivity contribution in [3.8, 4) is 16.8 Å². The van der Waals surface area contributed by atoms with E-state index >= 15 is 0 Å². The zero-order chi connectivity index (χ0) is 14.7. The molecule has 0 radical (unpaired) electrons. The van der Waals surface area contributed by atoms with Crippen molar-refractivity contribution in [1.82, 2.24) is 15.2 Å². The van der Waals surface area contributed by atoms with Crippen molar-refractivity contribution >= 4 is 28.6 Å². The van der Waals surface area contributed by atoms with Gasteiger partial charge in [-0.25, -0.2) is 4.98 Å². The summed E-state index contributed by atoms with van der Waals surface area (Å²) < 4.78 is 0. The molecule has 2 heterocycles. The highest BCUT2D eigenvalue weighted by Gasteiger charge is 2.08. The van der Waals surface area contributed by atoms with Crippen LogP contribution in [0.1, 0.15) is 11.4 Å². The van der Waals surface area contributed by atoms with E-state index < -0.39 is 0 Å². The van der Waals surface area contributed by atoms with Crippen molar-refractivity contribution in [1.29, 1.82) is 5.26 Å². The number of aromatic nitrogens is 3. The standard InChI is InChI=1S/C14H10ClN5S/c15-10-4-3-9(7-16)11(6-10)17-8-13-18-14(20-19-13)12-2-1-5-21-12/h1-6,17H,8H2,(H,18,19,20). The Bertz CT molecular complexity index is 788. The molecule has 0 saturated heterocycles. The molecule has 0 aliphatic carbocycles. The smallest absolute Gasteiger partial charge is 0.191 e. The highest BCUT2D eigenvalue weighted by atomic mass is 35.5. The Hall–Kier alpha value is -2.36. The molecule has 0 bridgehead atoms. The van der Waals surface area contributed by atoms with E-state index in [1.54, 1.807) is 29.5 Å². The summed E-state index contributed by atoms with van der Waals surface area (Å²) in [4.78, 5) is 5.42. The van der Waals surface area contributed by atoms with E-state index in [0.717, 1.165) is 4.88 Å². The number of halogens is 1. The Labute approximate surface area is 130 Å². The van der Waals surface area contributed by atoms with Crippen LogP contribution in [0.2, 0.25) is 5.02 Å². The number of thiophene rings is 1. The maximum absolute atomic E-state index is 9.07. The molecule has 0 amide bonds. The maximum Gasteiger partial charge on any atom is 0.191 e. The lowest BCUT2D eigenvalue weighted by Gasteiger charge is -2.06.